The largest absolute Gasteiger partial charge is 0.490 e. The van der Waals surface area contributed by atoms with E-state index in [1.54, 1.807) is 6.07 Å². The summed E-state index contributed by atoms with van der Waals surface area (Å²) in [6.07, 6.45) is 1.68. The summed E-state index contributed by atoms with van der Waals surface area (Å²) >= 11 is 0. The van der Waals surface area contributed by atoms with E-state index in [2.05, 4.69) is 5.32 Å². The Bertz CT molecular complexity index is 471. The molecule has 0 saturated carbocycles. The second-order valence-electron chi connectivity index (χ2n) is 4.65. The standard InChI is InChI=1S/C15H22FN3O/c1-3-19-10-13-12(9-18)14(16)6-7-15(13)20-11(2)5-4-8-17/h6-7,11,19H,3-5,8,10,17H2,1-2H3/t11-/m0/s1. The van der Waals surface area contributed by atoms with Gasteiger partial charge in [0.15, 0.2) is 0 Å². The topological polar surface area (TPSA) is 71.1 Å². The van der Waals surface area contributed by atoms with Crippen LogP contribution in [0.5, 0.6) is 5.75 Å². The number of hydrogen-bond acceptors (Lipinski definition) is 4. The maximum Gasteiger partial charge on any atom is 0.141 e. The number of benzene rings is 1. The molecule has 1 aromatic carbocycles. The van der Waals surface area contributed by atoms with Crippen molar-refractivity contribution in [2.45, 2.75) is 39.3 Å². The lowest BCUT2D eigenvalue weighted by Gasteiger charge is -2.18. The van der Waals surface area contributed by atoms with Gasteiger partial charge in [0.1, 0.15) is 17.6 Å². The quantitative estimate of drug-likeness (QED) is 0.766. The molecule has 0 unspecified atom stereocenters. The lowest BCUT2D eigenvalue weighted by Crippen LogP contribution is -2.18. The second kappa shape index (κ2) is 8.51. The van der Waals surface area contributed by atoms with Crippen LogP contribution in [-0.2, 0) is 6.54 Å². The molecular weight excluding hydrogens is 257 g/mol. The van der Waals surface area contributed by atoms with E-state index in [0.29, 0.717) is 24.4 Å². The van der Waals surface area contributed by atoms with Crippen molar-refractivity contribution in [2.24, 2.45) is 5.73 Å². The molecule has 20 heavy (non-hydrogen) atoms. The third-order valence-electron chi connectivity index (χ3n) is 3.03. The summed E-state index contributed by atoms with van der Waals surface area (Å²) in [6, 6.07) is 4.78. The molecule has 1 rings (SSSR count). The number of nitriles is 1. The zero-order valence-electron chi connectivity index (χ0n) is 12.1. The molecule has 1 atom stereocenters. The van der Waals surface area contributed by atoms with Gasteiger partial charge in [-0.2, -0.15) is 5.26 Å². The predicted octanol–water partition coefficient (Wildman–Crippen LogP) is 2.31. The molecule has 0 aromatic heterocycles. The lowest BCUT2D eigenvalue weighted by molar-refractivity contribution is 0.206. The summed E-state index contributed by atoms with van der Waals surface area (Å²) in [4.78, 5) is 0. The maximum atomic E-state index is 13.7. The number of ether oxygens (including phenoxy) is 1. The van der Waals surface area contributed by atoms with Gasteiger partial charge in [-0.05, 0) is 45.0 Å². The van der Waals surface area contributed by atoms with Gasteiger partial charge in [0.2, 0.25) is 0 Å². The molecule has 0 fully saturated rings. The highest BCUT2D eigenvalue weighted by atomic mass is 19.1. The Morgan fingerprint density at radius 2 is 2.25 bits per heavy atom. The van der Waals surface area contributed by atoms with Crippen LogP contribution in [0.2, 0.25) is 0 Å². The molecular formula is C15H22FN3O. The first kappa shape index (κ1) is 16.4. The van der Waals surface area contributed by atoms with Gasteiger partial charge < -0.3 is 15.8 Å². The Hall–Kier alpha value is -1.64. The van der Waals surface area contributed by atoms with Crippen LogP contribution in [0.25, 0.3) is 0 Å². The van der Waals surface area contributed by atoms with Gasteiger partial charge >= 0.3 is 0 Å². The molecule has 0 radical (unpaired) electrons. The molecule has 5 heteroatoms. The number of rotatable bonds is 8. The molecule has 0 aliphatic carbocycles. The van der Waals surface area contributed by atoms with Crippen molar-refractivity contribution >= 4 is 0 Å². The Kier molecular flexibility index (Phi) is 6.99. The summed E-state index contributed by atoms with van der Waals surface area (Å²) in [5.41, 5.74) is 6.10. The first-order chi connectivity index (χ1) is 9.63. The number of nitrogens with two attached hydrogens (primary N) is 1. The van der Waals surface area contributed by atoms with E-state index in [9.17, 15) is 4.39 Å². The second-order valence-corrected chi connectivity index (χ2v) is 4.65. The third-order valence-corrected chi connectivity index (χ3v) is 3.03. The van der Waals surface area contributed by atoms with Gasteiger partial charge in [0.25, 0.3) is 0 Å². The molecule has 0 aliphatic heterocycles. The molecule has 0 heterocycles. The van der Waals surface area contributed by atoms with Crippen molar-refractivity contribution < 1.29 is 9.13 Å². The zero-order valence-corrected chi connectivity index (χ0v) is 12.1. The minimum Gasteiger partial charge on any atom is -0.490 e. The first-order valence-corrected chi connectivity index (χ1v) is 6.92. The monoisotopic (exact) mass is 279 g/mol. The van der Waals surface area contributed by atoms with E-state index in [-0.39, 0.29) is 11.7 Å². The van der Waals surface area contributed by atoms with Crippen LogP contribution >= 0.6 is 0 Å². The Morgan fingerprint density at radius 3 is 2.85 bits per heavy atom. The van der Waals surface area contributed by atoms with Crippen molar-refractivity contribution in [3.8, 4) is 11.8 Å². The Morgan fingerprint density at radius 1 is 1.50 bits per heavy atom. The van der Waals surface area contributed by atoms with Crippen LogP contribution in [-0.4, -0.2) is 19.2 Å². The highest BCUT2D eigenvalue weighted by Crippen LogP contribution is 2.26. The van der Waals surface area contributed by atoms with Crippen LogP contribution in [0.15, 0.2) is 12.1 Å². The van der Waals surface area contributed by atoms with E-state index in [0.717, 1.165) is 19.4 Å². The van der Waals surface area contributed by atoms with Gasteiger partial charge in [0, 0.05) is 12.1 Å². The Labute approximate surface area is 119 Å². The SMILES string of the molecule is CCNCc1c(O[C@@H](C)CCCN)ccc(F)c1C#N. The van der Waals surface area contributed by atoms with Crippen molar-refractivity contribution in [1.29, 1.82) is 5.26 Å². The molecule has 0 bridgehead atoms. The summed E-state index contributed by atoms with van der Waals surface area (Å²) in [7, 11) is 0. The van der Waals surface area contributed by atoms with E-state index >= 15 is 0 Å². The highest BCUT2D eigenvalue weighted by Gasteiger charge is 2.16. The van der Waals surface area contributed by atoms with E-state index in [1.165, 1.54) is 6.07 Å². The van der Waals surface area contributed by atoms with Crippen LogP contribution in [0, 0.1) is 17.1 Å². The molecule has 110 valence electrons. The van der Waals surface area contributed by atoms with Gasteiger partial charge in [-0.3, -0.25) is 0 Å². The molecule has 0 aliphatic rings. The van der Waals surface area contributed by atoms with Gasteiger partial charge in [-0.25, -0.2) is 4.39 Å². The van der Waals surface area contributed by atoms with Crippen molar-refractivity contribution in [3.05, 3.63) is 29.1 Å². The maximum absolute atomic E-state index is 13.7. The van der Waals surface area contributed by atoms with Crippen LogP contribution in [0.4, 0.5) is 4.39 Å². The van der Waals surface area contributed by atoms with Gasteiger partial charge in [-0.1, -0.05) is 6.92 Å². The molecule has 0 amide bonds. The third kappa shape index (κ3) is 4.48. The summed E-state index contributed by atoms with van der Waals surface area (Å²) in [6.45, 7) is 5.67. The molecule has 1 aromatic rings. The van der Waals surface area contributed by atoms with Crippen LogP contribution in [0.1, 0.15) is 37.8 Å². The summed E-state index contributed by atoms with van der Waals surface area (Å²) < 4.78 is 19.5. The fourth-order valence-corrected chi connectivity index (χ4v) is 1.94. The minimum absolute atomic E-state index is 0.0177. The smallest absolute Gasteiger partial charge is 0.141 e. The number of nitrogens with one attached hydrogen (secondary N) is 1. The fourth-order valence-electron chi connectivity index (χ4n) is 1.94. The lowest BCUT2D eigenvalue weighted by atomic mass is 10.1. The van der Waals surface area contributed by atoms with E-state index < -0.39 is 5.82 Å². The van der Waals surface area contributed by atoms with Crippen molar-refractivity contribution in [1.82, 2.24) is 5.32 Å². The van der Waals surface area contributed by atoms with Crippen molar-refractivity contribution in [2.75, 3.05) is 13.1 Å². The zero-order chi connectivity index (χ0) is 15.0. The summed E-state index contributed by atoms with van der Waals surface area (Å²) in [5, 5.41) is 12.2. The Balaban J connectivity index is 2.96. The average molecular weight is 279 g/mol. The number of halogens is 1. The highest BCUT2D eigenvalue weighted by molar-refractivity contribution is 5.47. The fraction of sp³-hybridized carbons (Fsp3) is 0.533. The average Bonchev–Trinajstić information content (AvgIpc) is 2.45. The first-order valence-electron chi connectivity index (χ1n) is 6.92. The molecule has 0 spiro atoms. The predicted molar refractivity (Wildman–Crippen MR) is 76.9 cm³/mol. The van der Waals surface area contributed by atoms with Crippen LogP contribution in [0.3, 0.4) is 0 Å². The number of nitrogens with zero attached hydrogens (tertiary/aromatic N) is 1. The van der Waals surface area contributed by atoms with Gasteiger partial charge in [-0.15, -0.1) is 0 Å². The van der Waals surface area contributed by atoms with Crippen molar-refractivity contribution in [3.63, 3.8) is 0 Å². The van der Waals surface area contributed by atoms with Gasteiger partial charge in [0.05, 0.1) is 11.7 Å². The minimum atomic E-state index is -0.512. The molecule has 3 N–H and O–H groups in total. The molecule has 4 nitrogen and oxygen atoms in total. The summed E-state index contributed by atoms with van der Waals surface area (Å²) in [5.74, 6) is 0.0517. The molecule has 0 saturated heterocycles. The van der Waals surface area contributed by atoms with E-state index in [1.807, 2.05) is 19.9 Å². The number of hydrogen-bond donors (Lipinski definition) is 2. The normalized spacial score (nSPS) is 11.9. The van der Waals surface area contributed by atoms with Crippen LogP contribution < -0.4 is 15.8 Å². The van der Waals surface area contributed by atoms with E-state index in [4.69, 9.17) is 15.7 Å².